The zero-order valence-electron chi connectivity index (χ0n) is 28.4. The van der Waals surface area contributed by atoms with Gasteiger partial charge in [-0.25, -0.2) is 0 Å². The van der Waals surface area contributed by atoms with Crippen LogP contribution >= 0.6 is 0 Å². The standard InChI is InChI=1S/C46H40N2/c1-6-34-29-42(48(37-21-11-8-12-22-37)46-32(4)17-14-18-33(46)5)40-25-23-35-24-28-41(39-27-26-38(34)44(40)43(35)39)47(36-19-9-7-10-20-36)45-30(2)15-13-16-31(45)3/h7-29H,6H2,1-5H3. The quantitative estimate of drug-likeness (QED) is 0.164. The summed E-state index contributed by atoms with van der Waals surface area (Å²) < 4.78 is 0. The molecule has 8 aromatic rings. The van der Waals surface area contributed by atoms with Crippen LogP contribution in [-0.4, -0.2) is 0 Å². The highest BCUT2D eigenvalue weighted by molar-refractivity contribution is 6.28. The summed E-state index contributed by atoms with van der Waals surface area (Å²) in [4.78, 5) is 4.95. The van der Waals surface area contributed by atoms with Crippen LogP contribution in [0, 0.1) is 27.7 Å². The fourth-order valence-electron chi connectivity index (χ4n) is 7.86. The van der Waals surface area contributed by atoms with Gasteiger partial charge in [-0.05, 0) is 120 Å². The second-order valence-electron chi connectivity index (χ2n) is 13.1. The Bertz CT molecular complexity index is 2380. The topological polar surface area (TPSA) is 6.48 Å². The van der Waals surface area contributed by atoms with E-state index in [4.69, 9.17) is 0 Å². The highest BCUT2D eigenvalue weighted by Crippen LogP contribution is 2.49. The summed E-state index contributed by atoms with van der Waals surface area (Å²) >= 11 is 0. The second-order valence-corrected chi connectivity index (χ2v) is 13.1. The Morgan fingerprint density at radius 1 is 0.417 bits per heavy atom. The second kappa shape index (κ2) is 11.9. The number of hydrogen-bond donors (Lipinski definition) is 0. The van der Waals surface area contributed by atoms with Crippen molar-refractivity contribution in [3.8, 4) is 0 Å². The molecule has 234 valence electrons. The van der Waals surface area contributed by atoms with Gasteiger partial charge in [-0.3, -0.25) is 0 Å². The molecule has 2 heteroatoms. The molecule has 48 heavy (non-hydrogen) atoms. The third-order valence-electron chi connectivity index (χ3n) is 10.0. The van der Waals surface area contributed by atoms with E-state index >= 15 is 0 Å². The smallest absolute Gasteiger partial charge is 0.0543 e. The molecule has 0 bridgehead atoms. The van der Waals surface area contributed by atoms with Gasteiger partial charge in [0, 0.05) is 22.1 Å². The molecule has 0 saturated carbocycles. The molecule has 8 rings (SSSR count). The Balaban J connectivity index is 1.48. The molecule has 0 aliphatic carbocycles. The molecule has 0 aromatic heterocycles. The van der Waals surface area contributed by atoms with Crippen LogP contribution in [-0.2, 0) is 6.42 Å². The van der Waals surface area contributed by atoms with Gasteiger partial charge in [0.05, 0.1) is 22.7 Å². The lowest BCUT2D eigenvalue weighted by molar-refractivity contribution is 1.15. The van der Waals surface area contributed by atoms with E-state index in [9.17, 15) is 0 Å². The molecule has 8 aromatic carbocycles. The van der Waals surface area contributed by atoms with Crippen LogP contribution < -0.4 is 9.80 Å². The first-order valence-corrected chi connectivity index (χ1v) is 17.0. The highest BCUT2D eigenvalue weighted by atomic mass is 15.2. The molecule has 0 spiro atoms. The van der Waals surface area contributed by atoms with E-state index in [-0.39, 0.29) is 0 Å². The van der Waals surface area contributed by atoms with Crippen LogP contribution in [0.15, 0.2) is 140 Å². The van der Waals surface area contributed by atoms with E-state index in [1.165, 1.54) is 82.9 Å². The maximum atomic E-state index is 2.49. The van der Waals surface area contributed by atoms with Crippen molar-refractivity contribution >= 4 is 66.4 Å². The third-order valence-corrected chi connectivity index (χ3v) is 10.0. The summed E-state index contributed by atoms with van der Waals surface area (Å²) in [5, 5.41) is 7.78. The van der Waals surface area contributed by atoms with Crippen molar-refractivity contribution in [1.29, 1.82) is 0 Å². The predicted molar refractivity (Wildman–Crippen MR) is 208 cm³/mol. The zero-order valence-corrected chi connectivity index (χ0v) is 28.4. The van der Waals surface area contributed by atoms with Gasteiger partial charge in [-0.15, -0.1) is 0 Å². The molecule has 2 nitrogen and oxygen atoms in total. The maximum absolute atomic E-state index is 2.49. The first kappa shape index (κ1) is 29.8. The van der Waals surface area contributed by atoms with Gasteiger partial charge in [0.2, 0.25) is 0 Å². The molecular weight excluding hydrogens is 581 g/mol. The lowest BCUT2D eigenvalue weighted by Crippen LogP contribution is -2.14. The molecule has 0 aliphatic heterocycles. The van der Waals surface area contributed by atoms with E-state index < -0.39 is 0 Å². The lowest BCUT2D eigenvalue weighted by atomic mass is 9.88. The van der Waals surface area contributed by atoms with Crippen molar-refractivity contribution in [1.82, 2.24) is 0 Å². The van der Waals surface area contributed by atoms with Crippen LogP contribution in [0.1, 0.15) is 34.7 Å². The minimum Gasteiger partial charge on any atom is -0.309 e. The molecule has 0 amide bonds. The van der Waals surface area contributed by atoms with E-state index in [1.807, 2.05) is 0 Å². The summed E-state index contributed by atoms with van der Waals surface area (Å²) in [7, 11) is 0. The predicted octanol–water partition coefficient (Wildman–Crippen LogP) is 13.3. The number of hydrogen-bond acceptors (Lipinski definition) is 2. The van der Waals surface area contributed by atoms with Gasteiger partial charge in [0.15, 0.2) is 0 Å². The van der Waals surface area contributed by atoms with Crippen LogP contribution in [0.25, 0.3) is 32.3 Å². The SMILES string of the molecule is CCc1cc(N(c2ccccc2)c2c(C)cccc2C)c2ccc3ccc(N(c4ccccc4)c4c(C)cccc4C)c4ccc1c2c34. The Labute approximate surface area is 283 Å². The van der Waals surface area contributed by atoms with Gasteiger partial charge in [0.1, 0.15) is 0 Å². The number of nitrogens with zero attached hydrogens (tertiary/aromatic N) is 2. The average Bonchev–Trinajstić information content (AvgIpc) is 3.11. The minimum absolute atomic E-state index is 0.946. The van der Waals surface area contributed by atoms with E-state index in [0.717, 1.165) is 17.8 Å². The van der Waals surface area contributed by atoms with Crippen molar-refractivity contribution in [3.05, 3.63) is 167 Å². The van der Waals surface area contributed by atoms with Gasteiger partial charge in [0.25, 0.3) is 0 Å². The number of anilines is 6. The molecular formula is C46H40N2. The maximum Gasteiger partial charge on any atom is 0.0543 e. The van der Waals surface area contributed by atoms with Crippen LogP contribution in [0.2, 0.25) is 0 Å². The first-order chi connectivity index (χ1) is 23.5. The van der Waals surface area contributed by atoms with Gasteiger partial charge in [-0.2, -0.15) is 0 Å². The van der Waals surface area contributed by atoms with E-state index in [0.29, 0.717) is 0 Å². The zero-order chi connectivity index (χ0) is 32.9. The van der Waals surface area contributed by atoms with Crippen molar-refractivity contribution in [2.24, 2.45) is 0 Å². The van der Waals surface area contributed by atoms with Crippen LogP contribution in [0.3, 0.4) is 0 Å². The first-order valence-electron chi connectivity index (χ1n) is 17.0. The number of aryl methyl sites for hydroxylation is 5. The molecule has 0 heterocycles. The molecule has 0 N–H and O–H groups in total. The number of rotatable bonds is 7. The van der Waals surface area contributed by atoms with Gasteiger partial charge >= 0.3 is 0 Å². The summed E-state index contributed by atoms with van der Waals surface area (Å²) in [6.45, 7) is 11.2. The minimum atomic E-state index is 0.946. The largest absolute Gasteiger partial charge is 0.309 e. The van der Waals surface area contributed by atoms with Crippen LogP contribution in [0.5, 0.6) is 0 Å². The van der Waals surface area contributed by atoms with Crippen molar-refractivity contribution in [2.75, 3.05) is 9.80 Å². The molecule has 0 radical (unpaired) electrons. The Morgan fingerprint density at radius 2 is 0.875 bits per heavy atom. The summed E-state index contributed by atoms with van der Waals surface area (Å²) in [6.07, 6.45) is 0.946. The monoisotopic (exact) mass is 620 g/mol. The average molecular weight is 621 g/mol. The van der Waals surface area contributed by atoms with Crippen LogP contribution in [0.4, 0.5) is 34.1 Å². The van der Waals surface area contributed by atoms with E-state index in [2.05, 4.69) is 184 Å². The summed E-state index contributed by atoms with van der Waals surface area (Å²) in [5.41, 5.74) is 13.6. The fraction of sp³-hybridized carbons (Fsp3) is 0.130. The Kier molecular flexibility index (Phi) is 7.37. The Morgan fingerprint density at radius 3 is 1.42 bits per heavy atom. The third kappa shape index (κ3) is 4.71. The number of benzene rings is 8. The van der Waals surface area contributed by atoms with Gasteiger partial charge < -0.3 is 9.80 Å². The molecule has 0 saturated heterocycles. The molecule has 0 fully saturated rings. The molecule has 0 unspecified atom stereocenters. The Hall–Kier alpha value is -5.60. The lowest BCUT2D eigenvalue weighted by Gasteiger charge is -2.32. The number of para-hydroxylation sites is 4. The molecule has 0 aliphatic rings. The van der Waals surface area contributed by atoms with Crippen molar-refractivity contribution in [2.45, 2.75) is 41.0 Å². The molecule has 0 atom stereocenters. The van der Waals surface area contributed by atoms with E-state index in [1.54, 1.807) is 0 Å². The highest BCUT2D eigenvalue weighted by Gasteiger charge is 2.25. The normalized spacial score (nSPS) is 11.5. The summed E-state index contributed by atoms with van der Waals surface area (Å²) in [6, 6.07) is 51.4. The summed E-state index contributed by atoms with van der Waals surface area (Å²) in [5.74, 6) is 0. The van der Waals surface area contributed by atoms with Gasteiger partial charge in [-0.1, -0.05) is 110 Å². The van der Waals surface area contributed by atoms with Crippen molar-refractivity contribution < 1.29 is 0 Å². The fourth-order valence-corrected chi connectivity index (χ4v) is 7.86. The van der Waals surface area contributed by atoms with Crippen molar-refractivity contribution in [3.63, 3.8) is 0 Å².